The molecule has 2 fully saturated rings. The number of fused-ring (bicyclic) bond motifs is 4. The molecule has 35 heavy (non-hydrogen) atoms. The highest BCUT2D eigenvalue weighted by molar-refractivity contribution is 6.30. The second kappa shape index (κ2) is 8.36. The number of amides is 4. The molecule has 3 aromatic rings. The van der Waals surface area contributed by atoms with Crippen LogP contribution in [0.5, 0.6) is 0 Å². The lowest BCUT2D eigenvalue weighted by Gasteiger charge is -2.55. The molecule has 0 bridgehead atoms. The Morgan fingerprint density at radius 1 is 0.829 bits per heavy atom. The first kappa shape index (κ1) is 21.6. The van der Waals surface area contributed by atoms with Crippen molar-refractivity contribution in [1.82, 2.24) is 10.2 Å². The van der Waals surface area contributed by atoms with Gasteiger partial charge < -0.3 is 4.90 Å². The van der Waals surface area contributed by atoms with E-state index in [1.807, 2.05) is 42.5 Å². The molecule has 1 spiro atoms. The zero-order valence-electron chi connectivity index (χ0n) is 19.3. The average molecular weight is 467 g/mol. The fourth-order valence-corrected chi connectivity index (χ4v) is 5.81. The van der Waals surface area contributed by atoms with Crippen molar-refractivity contribution in [2.45, 2.75) is 19.0 Å². The summed E-state index contributed by atoms with van der Waals surface area (Å²) in [5.74, 6) is -0.964. The summed E-state index contributed by atoms with van der Waals surface area (Å²) in [6, 6.07) is 25.9. The van der Waals surface area contributed by atoms with E-state index in [0.29, 0.717) is 18.8 Å². The fraction of sp³-hybridized carbons (Fsp3) is 0.250. The summed E-state index contributed by atoms with van der Waals surface area (Å²) in [4.78, 5) is 46.5. The Morgan fingerprint density at radius 2 is 1.51 bits per heavy atom. The van der Waals surface area contributed by atoms with E-state index in [0.717, 1.165) is 29.2 Å². The van der Waals surface area contributed by atoms with Crippen molar-refractivity contribution in [2.75, 3.05) is 29.4 Å². The largest absolute Gasteiger partial charge is 0.364 e. The van der Waals surface area contributed by atoms with Crippen LogP contribution in [0.25, 0.3) is 0 Å². The monoisotopic (exact) mass is 466 g/mol. The molecule has 0 unspecified atom stereocenters. The maximum atomic E-state index is 14.3. The number of carbonyl (C=O) groups excluding carboxylic acids is 3. The Kier molecular flexibility index (Phi) is 5.15. The predicted octanol–water partition coefficient (Wildman–Crippen LogP) is 3.20. The number of rotatable bonds is 3. The summed E-state index contributed by atoms with van der Waals surface area (Å²) >= 11 is 0. The molecule has 0 saturated carbocycles. The van der Waals surface area contributed by atoms with Gasteiger partial charge in [0.1, 0.15) is 0 Å². The fourth-order valence-electron chi connectivity index (χ4n) is 5.81. The molecule has 3 aliphatic rings. The Bertz CT molecular complexity index is 1300. The first-order valence-corrected chi connectivity index (χ1v) is 11.9. The SMILES string of the molecule is O=C1NC(=O)[C@]2(Cc3ccccc3N3CCN(Cc4ccccc4)C[C@@H]32)C(=O)N1c1ccccc1. The standard InChI is InChI=1S/C28H26N4O3/c33-25-28(26(34)32(27(35)29-25)22-12-5-2-6-13-22)17-21-11-7-8-14-23(21)31-16-15-30(19-24(28)31)18-20-9-3-1-4-10-20/h1-14,24H,15-19H2,(H,29,33,35)/t24-,28-/m1/s1. The lowest BCUT2D eigenvalue weighted by Crippen LogP contribution is -2.75. The van der Waals surface area contributed by atoms with Crippen molar-refractivity contribution in [2.24, 2.45) is 5.41 Å². The minimum absolute atomic E-state index is 0.255. The van der Waals surface area contributed by atoms with Gasteiger partial charge in [0.15, 0.2) is 5.41 Å². The van der Waals surface area contributed by atoms with E-state index in [1.54, 1.807) is 24.3 Å². The molecule has 0 aromatic heterocycles. The molecule has 7 heteroatoms. The number of nitrogens with zero attached hydrogens (tertiary/aromatic N) is 3. The number of piperazine rings is 1. The van der Waals surface area contributed by atoms with E-state index < -0.39 is 29.3 Å². The first-order chi connectivity index (χ1) is 17.1. The zero-order chi connectivity index (χ0) is 24.0. The quantitative estimate of drug-likeness (QED) is 0.601. The van der Waals surface area contributed by atoms with Crippen LogP contribution in [0.2, 0.25) is 0 Å². The van der Waals surface area contributed by atoms with E-state index in [1.165, 1.54) is 5.56 Å². The summed E-state index contributed by atoms with van der Waals surface area (Å²) in [5.41, 5.74) is 2.25. The summed E-state index contributed by atoms with van der Waals surface area (Å²) in [5, 5.41) is 2.53. The number of barbiturate groups is 1. The van der Waals surface area contributed by atoms with Gasteiger partial charge in [0.05, 0.1) is 11.7 Å². The number of para-hydroxylation sites is 2. The Hall–Kier alpha value is -3.97. The number of benzene rings is 3. The molecule has 0 aliphatic carbocycles. The van der Waals surface area contributed by atoms with Crippen LogP contribution in [0.15, 0.2) is 84.9 Å². The Balaban J connectivity index is 1.44. The van der Waals surface area contributed by atoms with Gasteiger partial charge in [-0.05, 0) is 35.7 Å². The van der Waals surface area contributed by atoms with Gasteiger partial charge in [-0.15, -0.1) is 0 Å². The third-order valence-electron chi connectivity index (χ3n) is 7.48. The number of anilines is 2. The van der Waals surface area contributed by atoms with Crippen LogP contribution in [0, 0.1) is 5.41 Å². The molecule has 0 radical (unpaired) electrons. The normalized spacial score (nSPS) is 24.2. The van der Waals surface area contributed by atoms with Crippen molar-refractivity contribution in [1.29, 1.82) is 0 Å². The highest BCUT2D eigenvalue weighted by Crippen LogP contribution is 2.46. The van der Waals surface area contributed by atoms with Crippen molar-refractivity contribution in [3.63, 3.8) is 0 Å². The number of nitrogens with one attached hydrogen (secondary N) is 1. The van der Waals surface area contributed by atoms with E-state index in [2.05, 4.69) is 33.3 Å². The highest BCUT2D eigenvalue weighted by Gasteiger charge is 2.63. The number of hydrogen-bond acceptors (Lipinski definition) is 5. The van der Waals surface area contributed by atoms with Crippen LogP contribution in [0.1, 0.15) is 11.1 Å². The minimum Gasteiger partial charge on any atom is -0.364 e. The maximum Gasteiger partial charge on any atom is 0.335 e. The molecule has 2 saturated heterocycles. The van der Waals surface area contributed by atoms with Crippen LogP contribution in [0.3, 0.4) is 0 Å². The lowest BCUT2D eigenvalue weighted by molar-refractivity contribution is -0.145. The molecule has 2 atom stereocenters. The minimum atomic E-state index is -1.41. The van der Waals surface area contributed by atoms with E-state index in [-0.39, 0.29) is 6.42 Å². The Morgan fingerprint density at radius 3 is 2.29 bits per heavy atom. The topological polar surface area (TPSA) is 73.0 Å². The van der Waals surface area contributed by atoms with E-state index in [4.69, 9.17) is 0 Å². The number of urea groups is 1. The van der Waals surface area contributed by atoms with Crippen LogP contribution in [-0.4, -0.2) is 48.4 Å². The second-order valence-electron chi connectivity index (χ2n) is 9.44. The third-order valence-corrected chi connectivity index (χ3v) is 7.48. The summed E-state index contributed by atoms with van der Waals surface area (Å²) in [7, 11) is 0. The van der Waals surface area contributed by atoms with Crippen LogP contribution in [-0.2, 0) is 22.6 Å². The van der Waals surface area contributed by atoms with Crippen molar-refractivity contribution in [3.05, 3.63) is 96.1 Å². The molecule has 3 heterocycles. The number of hydrogen-bond donors (Lipinski definition) is 1. The lowest BCUT2D eigenvalue weighted by atomic mass is 9.67. The van der Waals surface area contributed by atoms with Gasteiger partial charge >= 0.3 is 6.03 Å². The highest BCUT2D eigenvalue weighted by atomic mass is 16.2. The summed E-state index contributed by atoms with van der Waals surface area (Å²) < 4.78 is 0. The van der Waals surface area contributed by atoms with Gasteiger partial charge in [-0.25, -0.2) is 9.69 Å². The van der Waals surface area contributed by atoms with Gasteiger partial charge in [0.2, 0.25) is 5.91 Å². The van der Waals surface area contributed by atoms with Crippen LogP contribution >= 0.6 is 0 Å². The molecular weight excluding hydrogens is 440 g/mol. The zero-order valence-corrected chi connectivity index (χ0v) is 19.3. The van der Waals surface area contributed by atoms with Crippen molar-refractivity contribution in [3.8, 4) is 0 Å². The molecular formula is C28H26N4O3. The molecule has 1 N–H and O–H groups in total. The van der Waals surface area contributed by atoms with Gasteiger partial charge in [-0.1, -0.05) is 66.7 Å². The van der Waals surface area contributed by atoms with Gasteiger partial charge in [-0.3, -0.25) is 19.8 Å². The van der Waals surface area contributed by atoms with Gasteiger partial charge in [-0.2, -0.15) is 0 Å². The summed E-state index contributed by atoms with van der Waals surface area (Å²) in [6.45, 7) is 2.78. The molecule has 3 aromatic carbocycles. The number of imide groups is 2. The summed E-state index contributed by atoms with van der Waals surface area (Å²) in [6.07, 6.45) is 0.255. The van der Waals surface area contributed by atoms with Crippen molar-refractivity contribution < 1.29 is 14.4 Å². The van der Waals surface area contributed by atoms with Gasteiger partial charge in [0, 0.05) is 31.9 Å². The molecule has 3 aliphatic heterocycles. The van der Waals surface area contributed by atoms with Crippen LogP contribution in [0.4, 0.5) is 16.2 Å². The predicted molar refractivity (Wildman–Crippen MR) is 133 cm³/mol. The second-order valence-corrected chi connectivity index (χ2v) is 9.44. The third kappa shape index (κ3) is 3.42. The average Bonchev–Trinajstić information content (AvgIpc) is 2.88. The van der Waals surface area contributed by atoms with Crippen LogP contribution < -0.4 is 15.1 Å². The van der Waals surface area contributed by atoms with Crippen molar-refractivity contribution >= 4 is 29.2 Å². The first-order valence-electron chi connectivity index (χ1n) is 11.9. The maximum absolute atomic E-state index is 14.3. The number of carbonyl (C=O) groups is 3. The molecule has 7 nitrogen and oxygen atoms in total. The van der Waals surface area contributed by atoms with Gasteiger partial charge in [0.25, 0.3) is 5.91 Å². The van der Waals surface area contributed by atoms with E-state index >= 15 is 0 Å². The van der Waals surface area contributed by atoms with E-state index in [9.17, 15) is 14.4 Å². The molecule has 6 rings (SSSR count). The molecule has 4 amide bonds. The Labute approximate surface area is 203 Å². The molecule has 176 valence electrons. The smallest absolute Gasteiger partial charge is 0.335 e.